The summed E-state index contributed by atoms with van der Waals surface area (Å²) in [6.45, 7) is 1.02. The quantitative estimate of drug-likeness (QED) is 0.492. The Morgan fingerprint density at radius 2 is 1.69 bits per heavy atom. The van der Waals surface area contributed by atoms with Gasteiger partial charge in [0.25, 0.3) is 5.91 Å². The summed E-state index contributed by atoms with van der Waals surface area (Å²) in [6.07, 6.45) is 5.24. The van der Waals surface area contributed by atoms with Crippen molar-refractivity contribution in [2.75, 3.05) is 6.54 Å². The molecule has 2 aromatic carbocycles. The van der Waals surface area contributed by atoms with Crippen LogP contribution in [0.5, 0.6) is 0 Å². The van der Waals surface area contributed by atoms with Crippen LogP contribution in [0, 0.1) is 0 Å². The SMILES string of the molecule is O=C(CCN1C(=O)NC2(CCCC2)C1=O)NCc1cn(Cc2ccccc2)nc1-c1ccccc1. The second-order valence-corrected chi connectivity index (χ2v) is 9.26. The van der Waals surface area contributed by atoms with Gasteiger partial charge in [0.1, 0.15) is 5.54 Å². The number of nitrogens with one attached hydrogen (secondary N) is 2. The summed E-state index contributed by atoms with van der Waals surface area (Å²) in [6, 6.07) is 19.6. The van der Waals surface area contributed by atoms with Crippen molar-refractivity contribution in [3.8, 4) is 11.3 Å². The zero-order valence-electron chi connectivity index (χ0n) is 19.6. The Balaban J connectivity index is 1.23. The van der Waals surface area contributed by atoms with E-state index in [2.05, 4.69) is 22.8 Å². The van der Waals surface area contributed by atoms with Crippen LogP contribution in [0.1, 0.15) is 43.2 Å². The summed E-state index contributed by atoms with van der Waals surface area (Å²) in [4.78, 5) is 39.0. The van der Waals surface area contributed by atoms with Crippen molar-refractivity contribution in [1.29, 1.82) is 0 Å². The minimum absolute atomic E-state index is 0.0636. The van der Waals surface area contributed by atoms with Crippen LogP contribution < -0.4 is 10.6 Å². The largest absolute Gasteiger partial charge is 0.352 e. The third-order valence-electron chi connectivity index (χ3n) is 6.81. The van der Waals surface area contributed by atoms with Crippen LogP contribution >= 0.6 is 0 Å². The molecule has 180 valence electrons. The van der Waals surface area contributed by atoms with Crippen molar-refractivity contribution >= 4 is 17.8 Å². The lowest BCUT2D eigenvalue weighted by atomic mass is 9.98. The number of urea groups is 1. The lowest BCUT2D eigenvalue weighted by Crippen LogP contribution is -2.44. The van der Waals surface area contributed by atoms with Crippen molar-refractivity contribution in [3.05, 3.63) is 78.0 Å². The summed E-state index contributed by atoms with van der Waals surface area (Å²) >= 11 is 0. The van der Waals surface area contributed by atoms with Crippen molar-refractivity contribution in [3.63, 3.8) is 0 Å². The van der Waals surface area contributed by atoms with E-state index in [1.807, 2.05) is 59.4 Å². The van der Waals surface area contributed by atoms with Crippen LogP contribution in [0.15, 0.2) is 66.9 Å². The van der Waals surface area contributed by atoms with E-state index in [1.165, 1.54) is 4.90 Å². The van der Waals surface area contributed by atoms with Crippen LogP contribution in [0.4, 0.5) is 4.79 Å². The van der Waals surface area contributed by atoms with Gasteiger partial charge in [-0.25, -0.2) is 4.79 Å². The number of carbonyl (C=O) groups is 3. The summed E-state index contributed by atoms with van der Waals surface area (Å²) in [5, 5.41) is 10.6. The number of amides is 4. The lowest BCUT2D eigenvalue weighted by Gasteiger charge is -2.19. The summed E-state index contributed by atoms with van der Waals surface area (Å²) in [5.41, 5.74) is 3.09. The van der Waals surface area contributed by atoms with Crippen LogP contribution in [-0.4, -0.2) is 44.6 Å². The summed E-state index contributed by atoms with van der Waals surface area (Å²) in [5.74, 6) is -0.408. The van der Waals surface area contributed by atoms with E-state index in [1.54, 1.807) is 0 Å². The predicted octanol–water partition coefficient (Wildman–Crippen LogP) is 3.47. The van der Waals surface area contributed by atoms with Crippen LogP contribution in [0.3, 0.4) is 0 Å². The highest BCUT2D eigenvalue weighted by molar-refractivity contribution is 6.07. The molecule has 2 aliphatic rings. The molecular formula is C27H29N5O3. The fraction of sp³-hybridized carbons (Fsp3) is 0.333. The molecule has 1 spiro atoms. The first-order valence-corrected chi connectivity index (χ1v) is 12.1. The van der Waals surface area contributed by atoms with E-state index >= 15 is 0 Å². The van der Waals surface area contributed by atoms with E-state index in [-0.39, 0.29) is 24.8 Å². The van der Waals surface area contributed by atoms with Gasteiger partial charge in [-0.2, -0.15) is 5.10 Å². The van der Waals surface area contributed by atoms with E-state index < -0.39 is 11.6 Å². The van der Waals surface area contributed by atoms with Gasteiger partial charge < -0.3 is 10.6 Å². The number of carbonyl (C=O) groups excluding carboxylic acids is 3. The maximum atomic E-state index is 12.8. The van der Waals surface area contributed by atoms with E-state index in [9.17, 15) is 14.4 Å². The minimum Gasteiger partial charge on any atom is -0.352 e. The highest BCUT2D eigenvalue weighted by Gasteiger charge is 2.52. The molecule has 8 nitrogen and oxygen atoms in total. The van der Waals surface area contributed by atoms with Gasteiger partial charge in [-0.1, -0.05) is 73.5 Å². The van der Waals surface area contributed by atoms with Gasteiger partial charge in [0, 0.05) is 36.8 Å². The van der Waals surface area contributed by atoms with Gasteiger partial charge >= 0.3 is 6.03 Å². The Morgan fingerprint density at radius 3 is 2.40 bits per heavy atom. The number of nitrogens with zero attached hydrogens (tertiary/aromatic N) is 3. The van der Waals surface area contributed by atoms with E-state index in [0.29, 0.717) is 25.9 Å². The Bertz CT molecular complexity index is 1220. The fourth-order valence-corrected chi connectivity index (χ4v) is 4.97. The number of hydrogen-bond donors (Lipinski definition) is 2. The third kappa shape index (κ3) is 4.82. The molecule has 4 amide bonds. The number of imide groups is 1. The van der Waals surface area contributed by atoms with E-state index in [0.717, 1.165) is 35.2 Å². The van der Waals surface area contributed by atoms with Gasteiger partial charge in [0.15, 0.2) is 0 Å². The van der Waals surface area contributed by atoms with Crippen molar-refractivity contribution in [2.45, 2.75) is 50.7 Å². The Labute approximate surface area is 204 Å². The normalized spacial score (nSPS) is 16.6. The lowest BCUT2D eigenvalue weighted by molar-refractivity contribution is -0.131. The highest BCUT2D eigenvalue weighted by Crippen LogP contribution is 2.35. The summed E-state index contributed by atoms with van der Waals surface area (Å²) in [7, 11) is 0. The third-order valence-corrected chi connectivity index (χ3v) is 6.81. The van der Waals surface area contributed by atoms with Gasteiger partial charge in [-0.3, -0.25) is 19.2 Å². The molecule has 5 rings (SSSR count). The monoisotopic (exact) mass is 471 g/mol. The van der Waals surface area contributed by atoms with Gasteiger partial charge in [-0.15, -0.1) is 0 Å². The van der Waals surface area contributed by atoms with Crippen LogP contribution in [0.2, 0.25) is 0 Å². The molecule has 1 aliphatic carbocycles. The van der Waals surface area contributed by atoms with Gasteiger partial charge in [0.05, 0.1) is 12.2 Å². The first-order valence-electron chi connectivity index (χ1n) is 12.1. The van der Waals surface area contributed by atoms with Crippen LogP contribution in [-0.2, 0) is 22.7 Å². The highest BCUT2D eigenvalue weighted by atomic mass is 16.2. The minimum atomic E-state index is -0.745. The number of rotatable bonds is 8. The van der Waals surface area contributed by atoms with Gasteiger partial charge in [0.2, 0.25) is 5.91 Å². The average Bonchev–Trinajstić information content (AvgIpc) is 3.57. The maximum Gasteiger partial charge on any atom is 0.325 e. The molecule has 0 bridgehead atoms. The first kappa shape index (κ1) is 22.8. The Kier molecular flexibility index (Phi) is 6.35. The Hall–Kier alpha value is -3.94. The zero-order chi connectivity index (χ0) is 24.3. The molecule has 1 aromatic heterocycles. The second kappa shape index (κ2) is 9.74. The molecule has 1 saturated carbocycles. The molecule has 3 aromatic rings. The topological polar surface area (TPSA) is 96.3 Å². The predicted molar refractivity (Wildman–Crippen MR) is 131 cm³/mol. The second-order valence-electron chi connectivity index (χ2n) is 9.26. The number of aromatic nitrogens is 2. The molecule has 2 heterocycles. The molecule has 2 N–H and O–H groups in total. The smallest absolute Gasteiger partial charge is 0.325 e. The van der Waals surface area contributed by atoms with Crippen LogP contribution in [0.25, 0.3) is 11.3 Å². The molecule has 0 radical (unpaired) electrons. The molecule has 1 saturated heterocycles. The molecule has 35 heavy (non-hydrogen) atoms. The number of benzene rings is 2. The number of hydrogen-bond acceptors (Lipinski definition) is 4. The maximum absolute atomic E-state index is 12.8. The fourth-order valence-electron chi connectivity index (χ4n) is 4.97. The molecule has 1 aliphatic heterocycles. The molecule has 8 heteroatoms. The van der Waals surface area contributed by atoms with Gasteiger partial charge in [-0.05, 0) is 18.4 Å². The molecular weight excluding hydrogens is 442 g/mol. The Morgan fingerprint density at radius 1 is 1.00 bits per heavy atom. The average molecular weight is 472 g/mol. The standard InChI is InChI=1S/C27H29N5O3/c33-23(13-16-32-25(34)27(29-26(32)35)14-7-8-15-27)28-17-22-19-31(18-20-9-3-1-4-10-20)30-24(22)21-11-5-2-6-12-21/h1-6,9-12,19H,7-8,13-18H2,(H,28,33)(H,29,35). The van der Waals surface area contributed by atoms with Crippen molar-refractivity contribution in [1.82, 2.24) is 25.3 Å². The zero-order valence-corrected chi connectivity index (χ0v) is 19.6. The van der Waals surface area contributed by atoms with E-state index in [4.69, 9.17) is 5.10 Å². The van der Waals surface area contributed by atoms with Crippen molar-refractivity contribution < 1.29 is 14.4 Å². The first-order chi connectivity index (χ1) is 17.0. The summed E-state index contributed by atoms with van der Waals surface area (Å²) < 4.78 is 1.88. The molecule has 0 atom stereocenters. The molecule has 2 fully saturated rings. The molecule has 0 unspecified atom stereocenters. The van der Waals surface area contributed by atoms with Crippen molar-refractivity contribution in [2.24, 2.45) is 0 Å².